The summed E-state index contributed by atoms with van der Waals surface area (Å²) in [7, 11) is 0. The molecule has 0 atom stereocenters. The van der Waals surface area contributed by atoms with Crippen molar-refractivity contribution in [1.29, 1.82) is 0 Å². The zero-order valence-corrected chi connectivity index (χ0v) is 11.2. The first-order valence-corrected chi connectivity index (χ1v) is 6.39. The third-order valence-corrected chi connectivity index (χ3v) is 3.60. The molecule has 2 rings (SSSR count). The molecule has 0 heterocycles. The van der Waals surface area contributed by atoms with Gasteiger partial charge in [-0.05, 0) is 43.5 Å². The predicted molar refractivity (Wildman–Crippen MR) is 70.5 cm³/mol. The quantitative estimate of drug-likeness (QED) is 0.802. The largest absolute Gasteiger partial charge is 0.480 e. The molecule has 1 saturated carbocycles. The smallest absolute Gasteiger partial charge is 0.329 e. The maximum atomic E-state index is 11.7. The van der Waals surface area contributed by atoms with E-state index in [2.05, 4.69) is 26.6 Å². The van der Waals surface area contributed by atoms with Crippen LogP contribution >= 0.6 is 15.9 Å². The van der Waals surface area contributed by atoms with Crippen LogP contribution in [0.2, 0.25) is 0 Å². The van der Waals surface area contributed by atoms with Gasteiger partial charge < -0.3 is 15.7 Å². The van der Waals surface area contributed by atoms with Crippen molar-refractivity contribution < 1.29 is 14.7 Å². The highest BCUT2D eigenvalue weighted by Crippen LogP contribution is 2.32. The van der Waals surface area contributed by atoms with Crippen molar-refractivity contribution in [1.82, 2.24) is 5.32 Å². The summed E-state index contributed by atoms with van der Waals surface area (Å²) in [6.45, 7) is 0. The van der Waals surface area contributed by atoms with Gasteiger partial charge in [-0.15, -0.1) is 0 Å². The summed E-state index contributed by atoms with van der Waals surface area (Å²) in [4.78, 5) is 22.8. The Labute approximate surface area is 113 Å². The molecule has 0 saturated heterocycles. The summed E-state index contributed by atoms with van der Waals surface area (Å²) < 4.78 is 0.912. The van der Waals surface area contributed by atoms with Crippen molar-refractivity contribution in [3.05, 3.63) is 28.7 Å². The molecule has 1 aliphatic carbocycles. The normalized spacial score (nSPS) is 16.5. The Hall–Kier alpha value is -1.56. The second-order valence-electron chi connectivity index (χ2n) is 4.33. The van der Waals surface area contributed by atoms with Crippen LogP contribution in [0.1, 0.15) is 19.3 Å². The minimum Gasteiger partial charge on any atom is -0.480 e. The van der Waals surface area contributed by atoms with Gasteiger partial charge in [-0.25, -0.2) is 9.59 Å². The molecule has 0 unspecified atom stereocenters. The molecule has 18 heavy (non-hydrogen) atoms. The van der Waals surface area contributed by atoms with Crippen LogP contribution in [0.25, 0.3) is 0 Å². The number of carbonyl (C=O) groups is 2. The summed E-state index contributed by atoms with van der Waals surface area (Å²) >= 11 is 3.29. The van der Waals surface area contributed by atoms with Crippen molar-refractivity contribution in [2.24, 2.45) is 0 Å². The summed E-state index contributed by atoms with van der Waals surface area (Å²) in [6.07, 6.45) is 1.79. The van der Waals surface area contributed by atoms with Crippen molar-refractivity contribution in [2.45, 2.75) is 24.8 Å². The van der Waals surface area contributed by atoms with E-state index in [1.807, 2.05) is 0 Å². The topological polar surface area (TPSA) is 78.4 Å². The van der Waals surface area contributed by atoms with Crippen LogP contribution in [-0.2, 0) is 4.79 Å². The molecule has 2 amide bonds. The number of hydrogen-bond donors (Lipinski definition) is 3. The summed E-state index contributed by atoms with van der Waals surface area (Å²) in [5.41, 5.74) is -0.463. The second-order valence-corrected chi connectivity index (χ2v) is 5.24. The van der Waals surface area contributed by atoms with E-state index in [9.17, 15) is 9.59 Å². The van der Waals surface area contributed by atoms with Gasteiger partial charge in [0.15, 0.2) is 0 Å². The first-order valence-electron chi connectivity index (χ1n) is 5.60. The van der Waals surface area contributed by atoms with Crippen molar-refractivity contribution >= 4 is 33.6 Å². The fourth-order valence-electron chi connectivity index (χ4n) is 1.84. The summed E-state index contributed by atoms with van der Waals surface area (Å²) in [5.74, 6) is -0.972. The van der Waals surface area contributed by atoms with E-state index in [1.165, 1.54) is 0 Å². The van der Waals surface area contributed by atoms with Gasteiger partial charge in [0.2, 0.25) is 0 Å². The van der Waals surface area contributed by atoms with Crippen LogP contribution in [0.4, 0.5) is 10.5 Å². The van der Waals surface area contributed by atoms with E-state index in [0.29, 0.717) is 18.5 Å². The number of anilines is 1. The number of nitrogens with one attached hydrogen (secondary N) is 2. The van der Waals surface area contributed by atoms with Gasteiger partial charge >= 0.3 is 12.0 Å². The fourth-order valence-corrected chi connectivity index (χ4v) is 2.10. The number of benzene rings is 1. The van der Waals surface area contributed by atoms with Crippen molar-refractivity contribution in [2.75, 3.05) is 5.32 Å². The average molecular weight is 313 g/mol. The molecule has 0 aromatic heterocycles. The Balaban J connectivity index is 1.96. The molecule has 0 spiro atoms. The molecule has 1 aliphatic rings. The average Bonchev–Trinajstić information content (AvgIpc) is 2.26. The molecule has 1 fully saturated rings. The summed E-state index contributed by atoms with van der Waals surface area (Å²) in [5, 5.41) is 14.2. The van der Waals surface area contributed by atoms with Crippen molar-refractivity contribution in [3.8, 4) is 0 Å². The lowest BCUT2D eigenvalue weighted by atomic mass is 9.77. The first kappa shape index (κ1) is 12.9. The lowest BCUT2D eigenvalue weighted by Crippen LogP contribution is -2.60. The van der Waals surface area contributed by atoms with Crippen molar-refractivity contribution in [3.63, 3.8) is 0 Å². The van der Waals surface area contributed by atoms with Gasteiger partial charge in [-0.2, -0.15) is 0 Å². The number of rotatable bonds is 3. The van der Waals surface area contributed by atoms with Gasteiger partial charge in [-0.3, -0.25) is 0 Å². The molecule has 1 aromatic carbocycles. The number of urea groups is 1. The number of amides is 2. The lowest BCUT2D eigenvalue weighted by Gasteiger charge is -2.38. The molecule has 6 heteroatoms. The fraction of sp³-hybridized carbons (Fsp3) is 0.333. The van der Waals surface area contributed by atoms with E-state index in [0.717, 1.165) is 10.9 Å². The van der Waals surface area contributed by atoms with E-state index in [-0.39, 0.29) is 0 Å². The molecule has 5 nitrogen and oxygen atoms in total. The predicted octanol–water partition coefficient (Wildman–Crippen LogP) is 2.58. The number of carbonyl (C=O) groups excluding carboxylic acids is 1. The van der Waals surface area contributed by atoms with Gasteiger partial charge in [0, 0.05) is 10.2 Å². The van der Waals surface area contributed by atoms with E-state index in [4.69, 9.17) is 5.11 Å². The molecule has 0 radical (unpaired) electrons. The minimum absolute atomic E-state index is 0.482. The SMILES string of the molecule is O=C(Nc1ccc(Br)cc1)NC1(C(=O)O)CCC1. The number of aliphatic carboxylic acids is 1. The van der Waals surface area contributed by atoms with E-state index < -0.39 is 17.5 Å². The van der Waals surface area contributed by atoms with Crippen LogP contribution in [0.3, 0.4) is 0 Å². The van der Waals surface area contributed by atoms with Crippen LogP contribution in [0.5, 0.6) is 0 Å². The standard InChI is InChI=1S/C12H13BrN2O3/c13-8-2-4-9(5-3-8)14-11(18)15-12(10(16)17)6-1-7-12/h2-5H,1,6-7H2,(H,16,17)(H2,14,15,18). The van der Waals surface area contributed by atoms with Gasteiger partial charge in [-0.1, -0.05) is 15.9 Å². The molecule has 0 bridgehead atoms. The monoisotopic (exact) mass is 312 g/mol. The first-order chi connectivity index (χ1) is 8.52. The molecule has 0 aliphatic heterocycles. The number of hydrogen-bond acceptors (Lipinski definition) is 2. The van der Waals surface area contributed by atoms with E-state index in [1.54, 1.807) is 24.3 Å². The van der Waals surface area contributed by atoms with Gasteiger partial charge in [0.1, 0.15) is 5.54 Å². The number of carboxylic acids is 1. The zero-order chi connectivity index (χ0) is 13.2. The van der Waals surface area contributed by atoms with Crippen LogP contribution in [0, 0.1) is 0 Å². The highest BCUT2D eigenvalue weighted by molar-refractivity contribution is 9.10. The molecular weight excluding hydrogens is 300 g/mol. The Kier molecular flexibility index (Phi) is 3.56. The Bertz CT molecular complexity index is 469. The Morgan fingerprint density at radius 3 is 2.28 bits per heavy atom. The maximum absolute atomic E-state index is 11.7. The molecule has 3 N–H and O–H groups in total. The Morgan fingerprint density at radius 2 is 1.83 bits per heavy atom. The number of carboxylic acid groups (broad SMARTS) is 1. The van der Waals surface area contributed by atoms with E-state index >= 15 is 0 Å². The highest BCUT2D eigenvalue weighted by atomic mass is 79.9. The third-order valence-electron chi connectivity index (χ3n) is 3.07. The number of halogens is 1. The summed E-state index contributed by atoms with van der Waals surface area (Å²) in [6, 6.07) is 6.58. The second kappa shape index (κ2) is 4.97. The Morgan fingerprint density at radius 1 is 1.22 bits per heavy atom. The van der Waals surface area contributed by atoms with Crippen LogP contribution < -0.4 is 10.6 Å². The maximum Gasteiger partial charge on any atom is 0.329 e. The van der Waals surface area contributed by atoms with Gasteiger partial charge in [0.25, 0.3) is 0 Å². The van der Waals surface area contributed by atoms with Gasteiger partial charge in [0.05, 0.1) is 0 Å². The highest BCUT2D eigenvalue weighted by Gasteiger charge is 2.45. The lowest BCUT2D eigenvalue weighted by molar-refractivity contribution is -0.148. The van der Waals surface area contributed by atoms with Crippen LogP contribution in [0.15, 0.2) is 28.7 Å². The molecular formula is C12H13BrN2O3. The zero-order valence-electron chi connectivity index (χ0n) is 9.57. The minimum atomic E-state index is -1.08. The third kappa shape index (κ3) is 2.64. The van der Waals surface area contributed by atoms with Crippen LogP contribution in [-0.4, -0.2) is 22.6 Å². The molecule has 96 valence electrons. The molecule has 1 aromatic rings.